The highest BCUT2D eigenvalue weighted by atomic mass is 32.2. The van der Waals surface area contributed by atoms with E-state index in [9.17, 15) is 8.42 Å². The van der Waals surface area contributed by atoms with Crippen molar-refractivity contribution in [3.63, 3.8) is 0 Å². The number of aromatic nitrogens is 2. The van der Waals surface area contributed by atoms with E-state index in [1.165, 1.54) is 36.2 Å². The topological polar surface area (TPSA) is 61.2 Å². The summed E-state index contributed by atoms with van der Waals surface area (Å²) in [5, 5.41) is 4.26. The molecule has 0 bridgehead atoms. The Morgan fingerprint density at radius 2 is 1.79 bits per heavy atom. The average molecular weight is 280 g/mol. The number of hydrogen-bond donors (Lipinski definition) is 0. The number of sulfone groups is 1. The maximum atomic E-state index is 12.5. The van der Waals surface area contributed by atoms with Gasteiger partial charge in [-0.05, 0) is 44.2 Å². The monoisotopic (exact) mass is 280 g/mol. The van der Waals surface area contributed by atoms with Gasteiger partial charge in [0.05, 0.1) is 18.2 Å². The maximum absolute atomic E-state index is 12.5. The van der Waals surface area contributed by atoms with Gasteiger partial charge in [-0.15, -0.1) is 0 Å². The predicted octanol–water partition coefficient (Wildman–Crippen LogP) is 2.31. The van der Waals surface area contributed by atoms with Crippen molar-refractivity contribution in [2.75, 3.05) is 7.11 Å². The van der Waals surface area contributed by atoms with Crippen molar-refractivity contribution in [3.8, 4) is 5.75 Å². The van der Waals surface area contributed by atoms with Crippen molar-refractivity contribution in [2.45, 2.75) is 29.8 Å². The Balaban J connectivity index is 2.49. The van der Waals surface area contributed by atoms with Gasteiger partial charge in [0, 0.05) is 6.04 Å². The van der Waals surface area contributed by atoms with E-state index in [2.05, 4.69) is 5.10 Å². The molecule has 2 aromatic rings. The first-order valence-electron chi connectivity index (χ1n) is 5.89. The lowest BCUT2D eigenvalue weighted by Crippen LogP contribution is -2.13. The van der Waals surface area contributed by atoms with Crippen LogP contribution in [0.15, 0.2) is 46.5 Å². The lowest BCUT2D eigenvalue weighted by atomic mass is 10.3. The number of benzene rings is 1. The average Bonchev–Trinajstić information content (AvgIpc) is 2.89. The summed E-state index contributed by atoms with van der Waals surface area (Å²) in [5.74, 6) is 0.622. The molecule has 0 aliphatic heterocycles. The summed E-state index contributed by atoms with van der Waals surface area (Å²) in [7, 11) is -2.01. The smallest absolute Gasteiger partial charge is 0.223 e. The summed E-state index contributed by atoms with van der Waals surface area (Å²) in [6.45, 7) is 3.78. The number of methoxy groups -OCH3 is 1. The van der Waals surface area contributed by atoms with Gasteiger partial charge in [-0.3, -0.25) is 4.68 Å². The van der Waals surface area contributed by atoms with Crippen LogP contribution < -0.4 is 4.74 Å². The second-order valence-electron chi connectivity index (χ2n) is 4.39. The number of ether oxygens (including phenoxy) is 1. The Morgan fingerprint density at radius 3 is 2.32 bits per heavy atom. The van der Waals surface area contributed by atoms with Gasteiger partial charge in [-0.1, -0.05) is 0 Å². The molecule has 5 nitrogen and oxygen atoms in total. The number of rotatable bonds is 4. The summed E-state index contributed by atoms with van der Waals surface area (Å²) in [6.07, 6.45) is 1.50. The van der Waals surface area contributed by atoms with Crippen LogP contribution in [0.3, 0.4) is 0 Å². The molecule has 1 aromatic heterocycles. The summed E-state index contributed by atoms with van der Waals surface area (Å²) >= 11 is 0. The Hall–Kier alpha value is -1.82. The number of hydrogen-bond acceptors (Lipinski definition) is 4. The molecule has 0 amide bonds. The highest BCUT2D eigenvalue weighted by Gasteiger charge is 2.23. The molecule has 1 aromatic carbocycles. The van der Waals surface area contributed by atoms with E-state index in [1.807, 2.05) is 13.8 Å². The molecular weight excluding hydrogens is 264 g/mol. The SMILES string of the molecule is COc1ccc(S(=O)(=O)c2ccnn2C(C)C)cc1. The van der Waals surface area contributed by atoms with Crippen LogP contribution in [-0.4, -0.2) is 25.3 Å². The van der Waals surface area contributed by atoms with Crippen molar-refractivity contribution < 1.29 is 13.2 Å². The lowest BCUT2D eigenvalue weighted by Gasteiger charge is -2.11. The minimum Gasteiger partial charge on any atom is -0.497 e. The van der Waals surface area contributed by atoms with Crippen LogP contribution in [0.2, 0.25) is 0 Å². The quantitative estimate of drug-likeness (QED) is 0.862. The fourth-order valence-corrected chi connectivity index (χ4v) is 3.26. The van der Waals surface area contributed by atoms with Crippen LogP contribution in [0, 0.1) is 0 Å². The molecule has 0 saturated heterocycles. The Bertz CT molecular complexity index is 657. The first-order valence-corrected chi connectivity index (χ1v) is 7.38. The molecule has 102 valence electrons. The van der Waals surface area contributed by atoms with Crippen LogP contribution in [0.1, 0.15) is 19.9 Å². The number of nitrogens with zero attached hydrogens (tertiary/aromatic N) is 2. The van der Waals surface area contributed by atoms with Crippen molar-refractivity contribution in [2.24, 2.45) is 0 Å². The predicted molar refractivity (Wildman–Crippen MR) is 71.1 cm³/mol. The zero-order chi connectivity index (χ0) is 14.0. The molecule has 2 rings (SSSR count). The summed E-state index contributed by atoms with van der Waals surface area (Å²) < 4.78 is 31.6. The van der Waals surface area contributed by atoms with Gasteiger partial charge < -0.3 is 4.74 Å². The van der Waals surface area contributed by atoms with E-state index in [4.69, 9.17) is 4.74 Å². The molecule has 0 saturated carbocycles. The van der Waals surface area contributed by atoms with Gasteiger partial charge in [0.1, 0.15) is 5.75 Å². The molecule has 0 N–H and O–H groups in total. The van der Waals surface area contributed by atoms with Crippen LogP contribution in [0.5, 0.6) is 5.75 Å². The Labute approximate surface area is 112 Å². The van der Waals surface area contributed by atoms with Gasteiger partial charge in [0.15, 0.2) is 5.03 Å². The second kappa shape index (κ2) is 5.05. The van der Waals surface area contributed by atoms with Gasteiger partial charge in [0.25, 0.3) is 0 Å². The third-order valence-electron chi connectivity index (χ3n) is 2.77. The fraction of sp³-hybridized carbons (Fsp3) is 0.308. The van der Waals surface area contributed by atoms with Crippen LogP contribution in [0.25, 0.3) is 0 Å². The minimum absolute atomic E-state index is 0.0157. The molecule has 0 fully saturated rings. The Kier molecular flexibility index (Phi) is 3.61. The summed E-state index contributed by atoms with van der Waals surface area (Å²) in [6, 6.07) is 7.82. The van der Waals surface area contributed by atoms with Crippen molar-refractivity contribution >= 4 is 9.84 Å². The molecule has 1 heterocycles. The van der Waals surface area contributed by atoms with Crippen LogP contribution >= 0.6 is 0 Å². The highest BCUT2D eigenvalue weighted by molar-refractivity contribution is 7.91. The zero-order valence-corrected chi connectivity index (χ0v) is 11.9. The first-order chi connectivity index (χ1) is 8.96. The maximum Gasteiger partial charge on any atom is 0.223 e. The first kappa shape index (κ1) is 13.6. The Morgan fingerprint density at radius 1 is 1.16 bits per heavy atom. The van der Waals surface area contributed by atoms with Crippen molar-refractivity contribution in [3.05, 3.63) is 36.5 Å². The van der Waals surface area contributed by atoms with E-state index < -0.39 is 9.84 Å². The molecule has 0 atom stereocenters. The standard InChI is InChI=1S/C13H16N2O3S/c1-10(2)15-13(8-9-14-15)19(16,17)12-6-4-11(18-3)5-7-12/h4-10H,1-3H3. The summed E-state index contributed by atoms with van der Waals surface area (Å²) in [4.78, 5) is 0.232. The van der Waals surface area contributed by atoms with Gasteiger partial charge in [-0.25, -0.2) is 8.42 Å². The van der Waals surface area contributed by atoms with Crippen molar-refractivity contribution in [1.82, 2.24) is 9.78 Å². The zero-order valence-electron chi connectivity index (χ0n) is 11.1. The molecule has 0 spiro atoms. The fourth-order valence-electron chi connectivity index (χ4n) is 1.78. The van der Waals surface area contributed by atoms with Crippen molar-refractivity contribution in [1.29, 1.82) is 0 Å². The molecule has 0 aliphatic rings. The van der Waals surface area contributed by atoms with Gasteiger partial charge >= 0.3 is 0 Å². The summed E-state index contributed by atoms with van der Waals surface area (Å²) in [5.41, 5.74) is 0. The van der Waals surface area contributed by atoms with Crippen LogP contribution in [0.4, 0.5) is 0 Å². The molecule has 0 aliphatic carbocycles. The highest BCUT2D eigenvalue weighted by Crippen LogP contribution is 2.24. The van der Waals surface area contributed by atoms with Crippen LogP contribution in [-0.2, 0) is 9.84 Å². The molecule has 19 heavy (non-hydrogen) atoms. The third kappa shape index (κ3) is 2.49. The molecule has 0 radical (unpaired) electrons. The largest absolute Gasteiger partial charge is 0.497 e. The molecular formula is C13H16N2O3S. The minimum atomic E-state index is -3.55. The van der Waals surface area contributed by atoms with Gasteiger partial charge in [0.2, 0.25) is 9.84 Å². The van der Waals surface area contributed by atoms with E-state index in [0.717, 1.165) is 0 Å². The molecule has 0 unspecified atom stereocenters. The van der Waals surface area contributed by atoms with Gasteiger partial charge in [-0.2, -0.15) is 5.10 Å². The normalized spacial score (nSPS) is 11.8. The lowest BCUT2D eigenvalue weighted by molar-refractivity contribution is 0.414. The van der Waals surface area contributed by atoms with E-state index >= 15 is 0 Å². The van der Waals surface area contributed by atoms with E-state index in [0.29, 0.717) is 5.75 Å². The van der Waals surface area contributed by atoms with E-state index in [-0.39, 0.29) is 16.0 Å². The third-order valence-corrected chi connectivity index (χ3v) is 4.53. The second-order valence-corrected chi connectivity index (χ2v) is 6.28. The van der Waals surface area contributed by atoms with E-state index in [1.54, 1.807) is 12.1 Å². The molecule has 6 heteroatoms.